The van der Waals surface area contributed by atoms with Crippen LogP contribution in [0.1, 0.15) is 26.2 Å². The highest BCUT2D eigenvalue weighted by Gasteiger charge is 2.39. The van der Waals surface area contributed by atoms with Gasteiger partial charge in [0, 0.05) is 18.1 Å². The first-order chi connectivity index (χ1) is 9.73. The molecule has 1 unspecified atom stereocenters. The molecule has 5 nitrogen and oxygen atoms in total. The molecule has 6 heteroatoms. The molecule has 0 radical (unpaired) electrons. The molecule has 2 aromatic rings. The van der Waals surface area contributed by atoms with E-state index in [1.54, 1.807) is 12.4 Å². The number of carbonyl (C=O) groups excluding carboxylic acids is 1. The van der Waals surface area contributed by atoms with Crippen LogP contribution >= 0.6 is 12.4 Å². The molecule has 1 amide bonds. The molecule has 1 atom stereocenters. The van der Waals surface area contributed by atoms with Gasteiger partial charge in [0.15, 0.2) is 0 Å². The van der Waals surface area contributed by atoms with Crippen LogP contribution in [0, 0.1) is 0 Å². The van der Waals surface area contributed by atoms with Crippen LogP contribution in [0.15, 0.2) is 30.6 Å². The Bertz CT molecular complexity index is 640. The van der Waals surface area contributed by atoms with Crippen LogP contribution in [0.3, 0.4) is 0 Å². The fourth-order valence-electron chi connectivity index (χ4n) is 2.75. The van der Waals surface area contributed by atoms with Crippen molar-refractivity contribution in [2.45, 2.75) is 31.7 Å². The highest BCUT2D eigenvalue weighted by molar-refractivity contribution is 5.99. The molecule has 0 spiro atoms. The number of hydrogen-bond donors (Lipinski definition) is 2. The zero-order valence-electron chi connectivity index (χ0n) is 11.9. The average Bonchev–Trinajstić information content (AvgIpc) is 2.97. The first kappa shape index (κ1) is 15.7. The van der Waals surface area contributed by atoms with Gasteiger partial charge in [0.05, 0.1) is 16.6 Å². The average molecular weight is 307 g/mol. The van der Waals surface area contributed by atoms with Gasteiger partial charge in [-0.1, -0.05) is 6.92 Å². The molecule has 112 valence electrons. The lowest BCUT2D eigenvalue weighted by Crippen LogP contribution is -2.50. The molecular formula is C15H19ClN4O. The van der Waals surface area contributed by atoms with Crippen LogP contribution in [0.2, 0.25) is 0 Å². The molecular weight excluding hydrogens is 288 g/mol. The van der Waals surface area contributed by atoms with Crippen molar-refractivity contribution in [3.8, 4) is 0 Å². The number of benzene rings is 1. The van der Waals surface area contributed by atoms with Crippen LogP contribution in [0.25, 0.3) is 11.0 Å². The van der Waals surface area contributed by atoms with E-state index in [-0.39, 0.29) is 18.3 Å². The quantitative estimate of drug-likeness (QED) is 0.914. The number of nitrogens with one attached hydrogen (secondary N) is 2. The third-order valence-corrected chi connectivity index (χ3v) is 4.01. The monoisotopic (exact) mass is 306 g/mol. The lowest BCUT2D eigenvalue weighted by atomic mass is 9.93. The second kappa shape index (κ2) is 6.37. The second-order valence-electron chi connectivity index (χ2n) is 5.18. The number of hydrogen-bond acceptors (Lipinski definition) is 4. The summed E-state index contributed by atoms with van der Waals surface area (Å²) >= 11 is 0. The molecule has 1 fully saturated rings. The molecule has 21 heavy (non-hydrogen) atoms. The summed E-state index contributed by atoms with van der Waals surface area (Å²) in [6.45, 7) is 2.95. The van der Waals surface area contributed by atoms with Gasteiger partial charge in [-0.15, -0.1) is 12.4 Å². The van der Waals surface area contributed by atoms with Crippen molar-refractivity contribution in [3.63, 3.8) is 0 Å². The molecule has 1 aliphatic rings. The van der Waals surface area contributed by atoms with E-state index in [4.69, 9.17) is 0 Å². The molecule has 2 N–H and O–H groups in total. The number of carbonyl (C=O) groups is 1. The van der Waals surface area contributed by atoms with Crippen molar-refractivity contribution in [2.75, 3.05) is 11.9 Å². The van der Waals surface area contributed by atoms with Gasteiger partial charge in [-0.3, -0.25) is 14.8 Å². The Kier molecular flexibility index (Phi) is 4.75. The molecule has 1 aromatic heterocycles. The van der Waals surface area contributed by atoms with Crippen LogP contribution in [0.5, 0.6) is 0 Å². The maximum Gasteiger partial charge on any atom is 0.244 e. The van der Waals surface area contributed by atoms with E-state index in [1.165, 1.54) is 0 Å². The van der Waals surface area contributed by atoms with Gasteiger partial charge in [-0.2, -0.15) is 0 Å². The van der Waals surface area contributed by atoms with E-state index < -0.39 is 5.54 Å². The predicted molar refractivity (Wildman–Crippen MR) is 85.7 cm³/mol. The molecule has 0 aliphatic carbocycles. The van der Waals surface area contributed by atoms with Gasteiger partial charge in [0.25, 0.3) is 0 Å². The maximum absolute atomic E-state index is 12.5. The Morgan fingerprint density at radius 2 is 2.10 bits per heavy atom. The first-order valence-electron chi connectivity index (χ1n) is 7.01. The molecule has 1 aromatic carbocycles. The van der Waals surface area contributed by atoms with Gasteiger partial charge >= 0.3 is 0 Å². The number of nitrogens with zero attached hydrogens (tertiary/aromatic N) is 2. The predicted octanol–water partition coefficient (Wildman–Crippen LogP) is 2.52. The molecule has 1 aliphatic heterocycles. The van der Waals surface area contributed by atoms with Gasteiger partial charge in [-0.25, -0.2) is 0 Å². The van der Waals surface area contributed by atoms with Gasteiger partial charge in [-0.05, 0) is 44.0 Å². The summed E-state index contributed by atoms with van der Waals surface area (Å²) in [7, 11) is 0. The minimum atomic E-state index is -0.419. The number of anilines is 1. The zero-order chi connectivity index (χ0) is 14.0. The summed E-state index contributed by atoms with van der Waals surface area (Å²) in [5, 5.41) is 6.34. The second-order valence-corrected chi connectivity index (χ2v) is 5.18. The fraction of sp³-hybridized carbons (Fsp3) is 0.400. The van der Waals surface area contributed by atoms with Crippen LogP contribution in [-0.2, 0) is 4.79 Å². The maximum atomic E-state index is 12.5. The minimum absolute atomic E-state index is 0. The number of amides is 1. The first-order valence-corrected chi connectivity index (χ1v) is 7.01. The van der Waals surface area contributed by atoms with Crippen LogP contribution < -0.4 is 10.6 Å². The molecule has 0 bridgehead atoms. The standard InChI is InChI=1S/C15H18N4O.ClH/c1-2-15(6-3-7-18-15)14(20)19-11-4-5-12-13(10-11)17-9-8-16-12;/h4-5,8-10,18H,2-3,6-7H2,1H3,(H,19,20);1H. The highest BCUT2D eigenvalue weighted by Crippen LogP contribution is 2.25. The van der Waals surface area contributed by atoms with E-state index >= 15 is 0 Å². The number of fused-ring (bicyclic) bond motifs is 1. The largest absolute Gasteiger partial charge is 0.324 e. The Labute approximate surface area is 130 Å². The van der Waals surface area contributed by atoms with Crippen molar-refractivity contribution < 1.29 is 4.79 Å². The molecule has 1 saturated heterocycles. The Hall–Kier alpha value is -1.72. The Balaban J connectivity index is 0.00000161. The van der Waals surface area contributed by atoms with Crippen LogP contribution in [-0.4, -0.2) is 28.0 Å². The van der Waals surface area contributed by atoms with Gasteiger partial charge in [0.2, 0.25) is 5.91 Å². The lowest BCUT2D eigenvalue weighted by Gasteiger charge is -2.26. The summed E-state index contributed by atoms with van der Waals surface area (Å²) < 4.78 is 0. The minimum Gasteiger partial charge on any atom is -0.324 e. The van der Waals surface area contributed by atoms with Crippen molar-refractivity contribution in [1.82, 2.24) is 15.3 Å². The molecule has 2 heterocycles. The fourth-order valence-corrected chi connectivity index (χ4v) is 2.75. The molecule has 0 saturated carbocycles. The summed E-state index contributed by atoms with van der Waals surface area (Å²) in [6, 6.07) is 5.60. The summed E-state index contributed by atoms with van der Waals surface area (Å²) in [6.07, 6.45) is 6.05. The van der Waals surface area contributed by atoms with Crippen molar-refractivity contribution in [3.05, 3.63) is 30.6 Å². The molecule has 3 rings (SSSR count). The Morgan fingerprint density at radius 1 is 1.33 bits per heavy atom. The summed E-state index contributed by atoms with van der Waals surface area (Å²) in [4.78, 5) is 21.0. The lowest BCUT2D eigenvalue weighted by molar-refractivity contribution is -0.122. The summed E-state index contributed by atoms with van der Waals surface area (Å²) in [5.74, 6) is 0.0424. The van der Waals surface area contributed by atoms with Crippen LogP contribution in [0.4, 0.5) is 5.69 Å². The number of rotatable bonds is 3. The zero-order valence-corrected chi connectivity index (χ0v) is 12.7. The van der Waals surface area contributed by atoms with Crippen molar-refractivity contribution in [1.29, 1.82) is 0 Å². The van der Waals surface area contributed by atoms with Gasteiger partial charge in [0.1, 0.15) is 0 Å². The number of aromatic nitrogens is 2. The smallest absolute Gasteiger partial charge is 0.244 e. The Morgan fingerprint density at radius 3 is 2.76 bits per heavy atom. The summed E-state index contributed by atoms with van der Waals surface area (Å²) in [5.41, 5.74) is 1.96. The third kappa shape index (κ3) is 2.99. The van der Waals surface area contributed by atoms with E-state index in [0.717, 1.165) is 42.5 Å². The van der Waals surface area contributed by atoms with E-state index in [2.05, 4.69) is 20.6 Å². The normalized spacial score (nSPS) is 21.0. The SMILES string of the molecule is CCC1(C(=O)Nc2ccc3nccnc3c2)CCCN1.Cl. The third-order valence-electron chi connectivity index (χ3n) is 4.01. The van der Waals surface area contributed by atoms with E-state index in [9.17, 15) is 4.79 Å². The van der Waals surface area contributed by atoms with Crippen molar-refractivity contribution in [2.24, 2.45) is 0 Å². The number of halogens is 1. The van der Waals surface area contributed by atoms with E-state index in [1.807, 2.05) is 25.1 Å². The topological polar surface area (TPSA) is 66.9 Å². The van der Waals surface area contributed by atoms with E-state index in [0.29, 0.717) is 0 Å². The van der Waals surface area contributed by atoms with Gasteiger partial charge < -0.3 is 10.6 Å². The highest BCUT2D eigenvalue weighted by atomic mass is 35.5. The van der Waals surface area contributed by atoms with Crippen molar-refractivity contribution >= 4 is 35.0 Å².